The number of rotatable bonds is 1. The van der Waals surface area contributed by atoms with E-state index >= 15 is 0 Å². The Labute approximate surface area is 67.4 Å². The Morgan fingerprint density at radius 2 is 2.25 bits per heavy atom. The number of aromatic carboxylic acids is 1. The smallest absolute Gasteiger partial charge is 0.357 e. The minimum atomic E-state index is -1.15. The predicted octanol–water partition coefficient (Wildman–Crippen LogP) is 0.237. The van der Waals surface area contributed by atoms with Crippen LogP contribution >= 0.6 is 0 Å². The summed E-state index contributed by atoms with van der Waals surface area (Å²) in [5.41, 5.74) is 0.771. The van der Waals surface area contributed by atoms with E-state index in [9.17, 15) is 9.59 Å². The molecule has 0 unspecified atom stereocenters. The number of fused-ring (bicyclic) bond motifs is 1. The van der Waals surface area contributed by atoms with E-state index in [0.29, 0.717) is 18.5 Å². The normalized spacial score (nSPS) is 14.8. The highest BCUT2D eigenvalue weighted by Gasteiger charge is 2.29. The number of carbonyl (C=O) groups is 2. The molecule has 2 rings (SSSR count). The van der Waals surface area contributed by atoms with Crippen LogP contribution in [0.1, 0.15) is 33.0 Å². The van der Waals surface area contributed by atoms with Crippen LogP contribution in [0.4, 0.5) is 0 Å². The van der Waals surface area contributed by atoms with Gasteiger partial charge in [-0.3, -0.25) is 9.89 Å². The maximum atomic E-state index is 11.1. The average molecular weight is 166 g/mol. The van der Waals surface area contributed by atoms with Gasteiger partial charge in [0, 0.05) is 12.1 Å². The van der Waals surface area contributed by atoms with Gasteiger partial charge in [0.15, 0.2) is 11.5 Å². The number of ketones is 1. The van der Waals surface area contributed by atoms with Gasteiger partial charge >= 0.3 is 5.97 Å². The van der Waals surface area contributed by atoms with Crippen LogP contribution in [0.5, 0.6) is 0 Å². The van der Waals surface area contributed by atoms with Crippen LogP contribution < -0.4 is 0 Å². The van der Waals surface area contributed by atoms with Crippen molar-refractivity contribution < 1.29 is 14.7 Å². The molecule has 5 nitrogen and oxygen atoms in total. The summed E-state index contributed by atoms with van der Waals surface area (Å²) in [5, 5.41) is 14.7. The van der Waals surface area contributed by atoms with Crippen molar-refractivity contribution in [1.82, 2.24) is 10.2 Å². The molecule has 62 valence electrons. The monoisotopic (exact) mass is 166 g/mol. The summed E-state index contributed by atoms with van der Waals surface area (Å²) >= 11 is 0. The third-order valence-electron chi connectivity index (χ3n) is 1.92. The highest BCUT2D eigenvalue weighted by molar-refractivity contribution is 6.07. The lowest BCUT2D eigenvalue weighted by molar-refractivity contribution is 0.0686. The van der Waals surface area contributed by atoms with Crippen molar-refractivity contribution in [3.8, 4) is 0 Å². The van der Waals surface area contributed by atoms with Crippen molar-refractivity contribution in [2.45, 2.75) is 12.8 Å². The second kappa shape index (κ2) is 2.17. The topological polar surface area (TPSA) is 83.0 Å². The Bertz CT molecular complexity index is 367. The first-order valence-corrected chi connectivity index (χ1v) is 3.54. The van der Waals surface area contributed by atoms with Crippen LogP contribution in [-0.2, 0) is 6.42 Å². The second-order valence-electron chi connectivity index (χ2n) is 2.65. The van der Waals surface area contributed by atoms with Gasteiger partial charge in [0.05, 0.1) is 5.56 Å². The molecule has 1 aromatic rings. The third kappa shape index (κ3) is 0.761. The van der Waals surface area contributed by atoms with Crippen molar-refractivity contribution in [1.29, 1.82) is 0 Å². The van der Waals surface area contributed by atoms with Crippen LogP contribution in [0.2, 0.25) is 0 Å². The minimum Gasteiger partial charge on any atom is -0.476 e. The lowest BCUT2D eigenvalue weighted by Gasteiger charge is -1.88. The van der Waals surface area contributed by atoms with Crippen LogP contribution in [0.3, 0.4) is 0 Å². The van der Waals surface area contributed by atoms with Crippen molar-refractivity contribution in [3.05, 3.63) is 17.0 Å². The van der Waals surface area contributed by atoms with E-state index in [-0.39, 0.29) is 17.0 Å². The molecule has 0 aromatic carbocycles. The number of H-pyrrole nitrogens is 1. The molecular formula is C7H6N2O3. The Hall–Kier alpha value is -1.65. The molecule has 0 atom stereocenters. The lowest BCUT2D eigenvalue weighted by atomic mass is 10.2. The fraction of sp³-hybridized carbons (Fsp3) is 0.286. The molecule has 0 radical (unpaired) electrons. The lowest BCUT2D eigenvalue weighted by Crippen LogP contribution is -2.04. The molecule has 12 heavy (non-hydrogen) atoms. The van der Waals surface area contributed by atoms with E-state index in [1.807, 2.05) is 0 Å². The summed E-state index contributed by atoms with van der Waals surface area (Å²) in [6.07, 6.45) is 0.971. The number of nitrogens with zero attached hydrogens (tertiary/aromatic N) is 1. The summed E-state index contributed by atoms with van der Waals surface area (Å²) in [7, 11) is 0. The zero-order chi connectivity index (χ0) is 8.72. The number of carboxylic acid groups (broad SMARTS) is 1. The maximum absolute atomic E-state index is 11.1. The molecule has 0 amide bonds. The molecular weight excluding hydrogens is 160 g/mol. The molecule has 2 N–H and O–H groups in total. The van der Waals surface area contributed by atoms with Crippen LogP contribution in [0.25, 0.3) is 0 Å². The van der Waals surface area contributed by atoms with Crippen molar-refractivity contribution in [2.75, 3.05) is 0 Å². The molecule has 1 heterocycles. The fourth-order valence-corrected chi connectivity index (χ4v) is 1.38. The minimum absolute atomic E-state index is 0.129. The summed E-state index contributed by atoms with van der Waals surface area (Å²) < 4.78 is 0. The van der Waals surface area contributed by atoms with E-state index in [1.54, 1.807) is 0 Å². The maximum Gasteiger partial charge on any atom is 0.357 e. The first-order valence-electron chi connectivity index (χ1n) is 3.54. The summed E-state index contributed by atoms with van der Waals surface area (Å²) in [6, 6.07) is 0. The number of aromatic amines is 1. The van der Waals surface area contributed by atoms with Crippen molar-refractivity contribution in [3.63, 3.8) is 0 Å². The van der Waals surface area contributed by atoms with Gasteiger partial charge in [0.1, 0.15) is 0 Å². The van der Waals surface area contributed by atoms with Gasteiger partial charge in [-0.05, 0) is 6.42 Å². The number of hydrogen-bond donors (Lipinski definition) is 2. The average Bonchev–Trinajstić information content (AvgIpc) is 2.53. The molecule has 0 fully saturated rings. The first-order chi connectivity index (χ1) is 5.70. The number of Topliss-reactive ketones (excluding diaryl/α,β-unsaturated/α-hetero) is 1. The van der Waals surface area contributed by atoms with Crippen molar-refractivity contribution in [2.24, 2.45) is 0 Å². The highest BCUT2D eigenvalue weighted by Crippen LogP contribution is 2.22. The molecule has 5 heteroatoms. The van der Waals surface area contributed by atoms with Crippen LogP contribution in [-0.4, -0.2) is 27.1 Å². The summed E-state index contributed by atoms with van der Waals surface area (Å²) in [6.45, 7) is 0. The predicted molar refractivity (Wildman–Crippen MR) is 38.2 cm³/mol. The molecule has 0 saturated heterocycles. The molecule has 0 spiro atoms. The van der Waals surface area contributed by atoms with Crippen LogP contribution in [0, 0.1) is 0 Å². The highest BCUT2D eigenvalue weighted by atomic mass is 16.4. The molecule has 0 bridgehead atoms. The van der Waals surface area contributed by atoms with Gasteiger partial charge in [0.2, 0.25) is 0 Å². The van der Waals surface area contributed by atoms with Gasteiger partial charge in [0.25, 0.3) is 0 Å². The number of hydrogen-bond acceptors (Lipinski definition) is 3. The van der Waals surface area contributed by atoms with E-state index < -0.39 is 5.97 Å². The SMILES string of the molecule is O=C(O)c1n[nH]c2c1C(=O)CC2. The zero-order valence-electron chi connectivity index (χ0n) is 6.13. The third-order valence-corrected chi connectivity index (χ3v) is 1.92. The van der Waals surface area contributed by atoms with E-state index in [0.717, 1.165) is 0 Å². The molecule has 1 aliphatic rings. The van der Waals surface area contributed by atoms with Gasteiger partial charge in [-0.1, -0.05) is 0 Å². The van der Waals surface area contributed by atoms with Crippen molar-refractivity contribution >= 4 is 11.8 Å². The molecule has 0 saturated carbocycles. The molecule has 1 aliphatic carbocycles. The van der Waals surface area contributed by atoms with Gasteiger partial charge in [-0.2, -0.15) is 5.10 Å². The van der Waals surface area contributed by atoms with E-state index in [4.69, 9.17) is 5.11 Å². The Morgan fingerprint density at radius 3 is 2.92 bits per heavy atom. The van der Waals surface area contributed by atoms with Gasteiger partial charge in [-0.15, -0.1) is 0 Å². The Morgan fingerprint density at radius 1 is 1.50 bits per heavy atom. The molecule has 1 aromatic heterocycles. The number of aryl methyl sites for hydroxylation is 1. The fourth-order valence-electron chi connectivity index (χ4n) is 1.38. The Balaban J connectivity index is 2.60. The zero-order valence-corrected chi connectivity index (χ0v) is 6.13. The van der Waals surface area contributed by atoms with E-state index in [2.05, 4.69) is 10.2 Å². The largest absolute Gasteiger partial charge is 0.476 e. The second-order valence-corrected chi connectivity index (χ2v) is 2.65. The Kier molecular flexibility index (Phi) is 1.27. The number of carboxylic acids is 1. The number of carbonyl (C=O) groups excluding carboxylic acids is 1. The number of nitrogens with one attached hydrogen (secondary N) is 1. The first kappa shape index (κ1) is 7.02. The summed E-state index contributed by atoms with van der Waals surface area (Å²) in [5.74, 6) is -1.28. The standard InChI is InChI=1S/C7H6N2O3/c10-4-2-1-3-5(4)6(7(11)12)9-8-3/h1-2H2,(H,8,9)(H,11,12). The number of aromatic nitrogens is 2. The van der Waals surface area contributed by atoms with Gasteiger partial charge < -0.3 is 5.11 Å². The molecule has 0 aliphatic heterocycles. The van der Waals surface area contributed by atoms with Gasteiger partial charge in [-0.25, -0.2) is 4.79 Å². The summed E-state index contributed by atoms with van der Waals surface area (Å²) in [4.78, 5) is 21.7. The quantitative estimate of drug-likeness (QED) is 0.625. The van der Waals surface area contributed by atoms with E-state index in [1.165, 1.54) is 0 Å². The van der Waals surface area contributed by atoms with Crippen LogP contribution in [0.15, 0.2) is 0 Å².